The molecule has 1 fully saturated rings. The third-order valence-electron chi connectivity index (χ3n) is 4.65. The van der Waals surface area contributed by atoms with Crippen molar-refractivity contribution in [3.8, 4) is 0 Å². The molecule has 2 aliphatic rings. The predicted octanol–water partition coefficient (Wildman–Crippen LogP) is -0.260. The average molecular weight is 496 g/mol. The highest BCUT2D eigenvalue weighted by Gasteiger charge is 2.53. The number of carbonyl (C=O) groups is 5. The normalized spacial score (nSPS) is 21.0. The molecule has 184 valence electrons. The van der Waals surface area contributed by atoms with E-state index in [1.54, 1.807) is 24.1 Å². The summed E-state index contributed by atoms with van der Waals surface area (Å²) in [5.41, 5.74) is 5.79. The van der Waals surface area contributed by atoms with Crippen LogP contribution in [0.5, 0.6) is 0 Å². The van der Waals surface area contributed by atoms with Crippen molar-refractivity contribution in [2.24, 2.45) is 5.73 Å². The van der Waals surface area contributed by atoms with Gasteiger partial charge in [0.2, 0.25) is 12.3 Å². The maximum absolute atomic E-state index is 12.1. The molecule has 0 aromatic heterocycles. The molecule has 3 amide bonds. The summed E-state index contributed by atoms with van der Waals surface area (Å²) in [6.07, 6.45) is -0.659. The van der Waals surface area contributed by atoms with Gasteiger partial charge in [-0.2, -0.15) is 13.2 Å². The van der Waals surface area contributed by atoms with Gasteiger partial charge < -0.3 is 21.3 Å². The van der Waals surface area contributed by atoms with Crippen molar-refractivity contribution >= 4 is 41.9 Å². The van der Waals surface area contributed by atoms with E-state index in [0.29, 0.717) is 30.7 Å². The van der Waals surface area contributed by atoms with Crippen LogP contribution in [-0.2, 0) is 24.0 Å². The molecule has 0 aromatic carbocycles. The van der Waals surface area contributed by atoms with Crippen molar-refractivity contribution in [2.75, 3.05) is 19.3 Å². The summed E-state index contributed by atoms with van der Waals surface area (Å²) in [5, 5.41) is 18.7. The lowest BCUT2D eigenvalue weighted by Crippen LogP contribution is -2.69. The van der Waals surface area contributed by atoms with Gasteiger partial charge in [0, 0.05) is 12.3 Å². The first-order valence-corrected chi connectivity index (χ1v) is 10.4. The summed E-state index contributed by atoms with van der Waals surface area (Å²) in [6.45, 7) is 2.27. The number of allylic oxidation sites excluding steroid dienone is 1. The molecule has 2 aliphatic heterocycles. The number of likely N-dealkylation sites (N-methyl/N-ethyl adjacent to an activating group) is 1. The van der Waals surface area contributed by atoms with Gasteiger partial charge in [-0.3, -0.25) is 24.2 Å². The van der Waals surface area contributed by atoms with E-state index in [-0.39, 0.29) is 5.70 Å². The highest BCUT2D eigenvalue weighted by atomic mass is 32.2. The van der Waals surface area contributed by atoms with Crippen molar-refractivity contribution < 1.29 is 47.4 Å². The number of halogens is 3. The number of nitrogens with zero attached hydrogens (tertiary/aromatic N) is 2. The molecule has 2 heterocycles. The molecule has 15 heteroatoms. The van der Waals surface area contributed by atoms with Crippen molar-refractivity contribution in [3.05, 3.63) is 23.4 Å². The van der Waals surface area contributed by atoms with Crippen LogP contribution in [0.15, 0.2) is 23.4 Å². The molecule has 11 nitrogen and oxygen atoms in total. The van der Waals surface area contributed by atoms with Crippen LogP contribution >= 0.6 is 11.8 Å². The molecule has 2 rings (SSSR count). The molecule has 33 heavy (non-hydrogen) atoms. The first-order chi connectivity index (χ1) is 15.3. The van der Waals surface area contributed by atoms with E-state index < -0.39 is 47.4 Å². The second kappa shape index (κ2) is 11.7. The van der Waals surface area contributed by atoms with Crippen LogP contribution in [0, 0.1) is 0 Å². The van der Waals surface area contributed by atoms with E-state index >= 15 is 0 Å². The number of thioether (sulfide) groups is 1. The van der Waals surface area contributed by atoms with E-state index in [1.807, 2.05) is 6.92 Å². The Hall–Kier alpha value is -3.07. The van der Waals surface area contributed by atoms with Gasteiger partial charge in [-0.25, -0.2) is 9.59 Å². The zero-order chi connectivity index (χ0) is 25.5. The lowest BCUT2D eigenvalue weighted by molar-refractivity contribution is -0.192. The molecule has 0 aromatic rings. The smallest absolute Gasteiger partial charge is 0.477 e. The van der Waals surface area contributed by atoms with Crippen LogP contribution in [-0.4, -0.2) is 93.2 Å². The summed E-state index contributed by atoms with van der Waals surface area (Å²) in [5.74, 6) is -4.39. The fourth-order valence-electron chi connectivity index (χ4n) is 3.08. The third-order valence-corrected chi connectivity index (χ3v) is 5.95. The monoisotopic (exact) mass is 496 g/mol. The molecule has 0 spiro atoms. The van der Waals surface area contributed by atoms with Crippen LogP contribution in [0.1, 0.15) is 13.3 Å². The quantitative estimate of drug-likeness (QED) is 0.248. The second-order valence-corrected chi connectivity index (χ2v) is 7.93. The lowest BCUT2D eigenvalue weighted by atomic mass is 10.0. The topological polar surface area (TPSA) is 170 Å². The minimum Gasteiger partial charge on any atom is -0.477 e. The maximum atomic E-state index is 12.1. The van der Waals surface area contributed by atoms with Gasteiger partial charge in [0.15, 0.2) is 0 Å². The number of primary amides is 1. The van der Waals surface area contributed by atoms with Crippen molar-refractivity contribution in [1.29, 1.82) is 0 Å². The van der Waals surface area contributed by atoms with Gasteiger partial charge in [0.05, 0.1) is 6.04 Å². The summed E-state index contributed by atoms with van der Waals surface area (Å²) in [4.78, 5) is 57.6. The van der Waals surface area contributed by atoms with Crippen LogP contribution in [0.2, 0.25) is 0 Å². The Labute approximate surface area is 190 Å². The number of nitrogens with one attached hydrogen (secondary N) is 1. The molecule has 5 N–H and O–H groups in total. The number of hydrogen-bond donors (Lipinski definition) is 4. The zero-order valence-electron chi connectivity index (χ0n) is 17.5. The minimum absolute atomic E-state index is 0.0662. The van der Waals surface area contributed by atoms with E-state index in [1.165, 1.54) is 16.7 Å². The number of carbonyl (C=O) groups excluding carboxylic acids is 3. The van der Waals surface area contributed by atoms with Crippen LogP contribution in [0.25, 0.3) is 0 Å². The SMILES string of the molecule is CCC(C(N)=O)N(C)C/C=C/C1=C(C(=O)O)N2C(=O)[C@@H](NC=O)[C@@H]2SC1.O=C(O)C(F)(F)F. The lowest BCUT2D eigenvalue weighted by Gasteiger charge is -2.48. The Kier molecular flexibility index (Phi) is 9.91. The molecule has 1 unspecified atom stereocenters. The summed E-state index contributed by atoms with van der Waals surface area (Å²) in [7, 11) is 1.76. The summed E-state index contributed by atoms with van der Waals surface area (Å²) < 4.78 is 31.7. The van der Waals surface area contributed by atoms with Gasteiger partial charge in [-0.05, 0) is 19.0 Å². The van der Waals surface area contributed by atoms with Crippen LogP contribution in [0.3, 0.4) is 0 Å². The van der Waals surface area contributed by atoms with Gasteiger partial charge >= 0.3 is 18.1 Å². The largest absolute Gasteiger partial charge is 0.490 e. The van der Waals surface area contributed by atoms with Crippen LogP contribution in [0.4, 0.5) is 13.2 Å². The number of carboxylic acids is 2. The Bertz CT molecular complexity index is 862. The highest BCUT2D eigenvalue weighted by molar-refractivity contribution is 8.00. The van der Waals surface area contributed by atoms with Gasteiger partial charge in [-0.15, -0.1) is 11.8 Å². The molecule has 1 saturated heterocycles. The number of hydrogen-bond acceptors (Lipinski definition) is 7. The summed E-state index contributed by atoms with van der Waals surface area (Å²) >= 11 is 1.39. The van der Waals surface area contributed by atoms with Crippen LogP contribution < -0.4 is 11.1 Å². The molecule has 0 aliphatic carbocycles. The molecule has 0 bridgehead atoms. The fourth-order valence-corrected chi connectivity index (χ4v) is 4.41. The maximum Gasteiger partial charge on any atom is 0.490 e. The number of amides is 3. The number of carboxylic acid groups (broad SMARTS) is 2. The van der Waals surface area contributed by atoms with Crippen molar-refractivity contribution in [1.82, 2.24) is 15.1 Å². The number of rotatable bonds is 9. The number of β-lactam (4-membered cyclic amide) rings is 1. The highest BCUT2D eigenvalue weighted by Crippen LogP contribution is 2.40. The zero-order valence-corrected chi connectivity index (χ0v) is 18.4. The van der Waals surface area contributed by atoms with Crippen molar-refractivity contribution in [3.63, 3.8) is 0 Å². The van der Waals surface area contributed by atoms with Crippen molar-refractivity contribution in [2.45, 2.75) is 37.0 Å². The molecular formula is C18H23F3N4O7S. The standard InChI is InChI=1S/C16H22N4O5S.C2HF3O2/c1-3-10(13(17)22)19(2)6-4-5-9-7-26-15-11(18-8-21)14(23)20(15)12(9)16(24)25;3-2(4,5)1(6)7/h4-5,8,10-11,15H,3,6-7H2,1-2H3,(H2,17,22)(H,18,21)(H,24,25);(H,6,7)/b5-4+;/t10?,11-,15+;/m1./s1. The predicted molar refractivity (Wildman–Crippen MR) is 109 cm³/mol. The molecular weight excluding hydrogens is 473 g/mol. The second-order valence-electron chi connectivity index (χ2n) is 6.82. The first kappa shape index (κ1) is 28.0. The summed E-state index contributed by atoms with van der Waals surface area (Å²) in [6, 6.07) is -1.09. The molecule has 3 atom stereocenters. The number of fused-ring (bicyclic) bond motifs is 1. The number of nitrogens with two attached hydrogens (primary N) is 1. The number of aliphatic carboxylic acids is 2. The average Bonchev–Trinajstić information content (AvgIpc) is 2.71. The minimum atomic E-state index is -5.08. The van der Waals surface area contributed by atoms with E-state index in [0.717, 1.165) is 0 Å². The Morgan fingerprint density at radius 1 is 1.36 bits per heavy atom. The first-order valence-electron chi connectivity index (χ1n) is 9.34. The van der Waals surface area contributed by atoms with E-state index in [2.05, 4.69) is 5.32 Å². The Morgan fingerprint density at radius 3 is 2.36 bits per heavy atom. The van der Waals surface area contributed by atoms with E-state index in [4.69, 9.17) is 15.6 Å². The Balaban J connectivity index is 0.000000675. The van der Waals surface area contributed by atoms with Gasteiger partial charge in [-0.1, -0.05) is 19.1 Å². The fraction of sp³-hybridized carbons (Fsp3) is 0.500. The third kappa shape index (κ3) is 6.95. The molecule has 0 radical (unpaired) electrons. The molecule has 0 saturated carbocycles. The van der Waals surface area contributed by atoms with Gasteiger partial charge in [0.1, 0.15) is 17.1 Å². The number of alkyl halides is 3. The van der Waals surface area contributed by atoms with E-state index in [9.17, 15) is 37.5 Å². The Morgan fingerprint density at radius 2 is 1.94 bits per heavy atom. The van der Waals surface area contributed by atoms with Gasteiger partial charge in [0.25, 0.3) is 5.91 Å².